The van der Waals surface area contributed by atoms with Crippen LogP contribution in [0.1, 0.15) is 36.8 Å². The van der Waals surface area contributed by atoms with E-state index >= 15 is 0 Å². The Bertz CT molecular complexity index is 937. The molecule has 0 spiro atoms. The van der Waals surface area contributed by atoms with Crippen molar-refractivity contribution in [3.63, 3.8) is 0 Å². The molecule has 2 aromatic rings. The third-order valence-corrected chi connectivity index (χ3v) is 6.85. The molecule has 0 unspecified atom stereocenters. The van der Waals surface area contributed by atoms with Crippen LogP contribution in [0.5, 0.6) is 0 Å². The third kappa shape index (κ3) is 5.66. The Kier molecular flexibility index (Phi) is 8.32. The standard InChI is InChI=1S/C27H33NO6/c1-32-27(31)26-22-13-12-21(28(22)25(30)15-14-23(26)29)24(34-17-20-10-6-3-7-11-20)18-33-16-19-8-4-2-5-9-19/h2-11,21-24,26,29H,12-18H2,1H3/t21-,22-,23-,24+,26+/m0/s1. The van der Waals surface area contributed by atoms with Crippen LogP contribution in [0, 0.1) is 5.92 Å². The number of carbonyl (C=O) groups excluding carboxylic acids is 2. The zero-order valence-corrected chi connectivity index (χ0v) is 19.5. The zero-order chi connectivity index (χ0) is 23.9. The van der Waals surface area contributed by atoms with Crippen molar-refractivity contribution in [1.29, 1.82) is 0 Å². The van der Waals surface area contributed by atoms with Gasteiger partial charge in [-0.25, -0.2) is 0 Å². The summed E-state index contributed by atoms with van der Waals surface area (Å²) >= 11 is 0. The van der Waals surface area contributed by atoms with Crippen molar-refractivity contribution in [1.82, 2.24) is 4.90 Å². The lowest BCUT2D eigenvalue weighted by molar-refractivity contribution is -0.154. The fourth-order valence-electron chi connectivity index (χ4n) is 5.15. The Morgan fingerprint density at radius 2 is 1.65 bits per heavy atom. The number of fused-ring (bicyclic) bond motifs is 1. The third-order valence-electron chi connectivity index (χ3n) is 6.85. The number of aliphatic hydroxyl groups is 1. The molecule has 0 aliphatic carbocycles. The van der Waals surface area contributed by atoms with Crippen molar-refractivity contribution < 1.29 is 28.9 Å². The van der Waals surface area contributed by atoms with Crippen molar-refractivity contribution in [2.45, 2.75) is 63.2 Å². The average Bonchev–Trinajstić information content (AvgIpc) is 3.25. The monoisotopic (exact) mass is 467 g/mol. The molecular formula is C27H33NO6. The smallest absolute Gasteiger partial charge is 0.313 e. The molecule has 2 saturated heterocycles. The van der Waals surface area contributed by atoms with Gasteiger partial charge in [0.15, 0.2) is 0 Å². The number of hydrogen-bond acceptors (Lipinski definition) is 6. The van der Waals surface area contributed by atoms with Crippen molar-refractivity contribution in [2.24, 2.45) is 5.92 Å². The molecule has 2 heterocycles. The summed E-state index contributed by atoms with van der Waals surface area (Å²) in [7, 11) is 1.32. The molecule has 7 heteroatoms. The van der Waals surface area contributed by atoms with Crippen LogP contribution in [0.3, 0.4) is 0 Å². The fraction of sp³-hybridized carbons (Fsp3) is 0.481. The van der Waals surface area contributed by atoms with E-state index < -0.39 is 24.0 Å². The minimum atomic E-state index is -0.900. The van der Waals surface area contributed by atoms with Crippen molar-refractivity contribution in [3.8, 4) is 0 Å². The molecule has 34 heavy (non-hydrogen) atoms. The van der Waals surface area contributed by atoms with E-state index in [0.29, 0.717) is 32.7 Å². The molecule has 2 aliphatic heterocycles. The van der Waals surface area contributed by atoms with Gasteiger partial charge in [0.25, 0.3) is 0 Å². The van der Waals surface area contributed by atoms with E-state index in [1.54, 1.807) is 4.90 Å². The number of rotatable bonds is 9. The first-order valence-corrected chi connectivity index (χ1v) is 11.9. The van der Waals surface area contributed by atoms with Gasteiger partial charge in [0.05, 0.1) is 39.1 Å². The van der Waals surface area contributed by atoms with Gasteiger partial charge in [-0.2, -0.15) is 0 Å². The molecular weight excluding hydrogens is 434 g/mol. The number of nitrogens with zero attached hydrogens (tertiary/aromatic N) is 1. The highest BCUT2D eigenvalue weighted by Gasteiger charge is 2.50. The van der Waals surface area contributed by atoms with E-state index in [-0.39, 0.29) is 30.9 Å². The molecule has 5 atom stereocenters. The van der Waals surface area contributed by atoms with Crippen LogP contribution in [0.15, 0.2) is 60.7 Å². The average molecular weight is 468 g/mol. The summed E-state index contributed by atoms with van der Waals surface area (Å²) in [4.78, 5) is 27.4. The highest BCUT2D eigenvalue weighted by molar-refractivity contribution is 5.81. The number of ether oxygens (including phenoxy) is 3. The highest BCUT2D eigenvalue weighted by Crippen LogP contribution is 2.38. The maximum Gasteiger partial charge on any atom is 0.313 e. The van der Waals surface area contributed by atoms with Gasteiger partial charge in [-0.05, 0) is 30.4 Å². The van der Waals surface area contributed by atoms with Gasteiger partial charge >= 0.3 is 5.97 Å². The van der Waals surface area contributed by atoms with Crippen LogP contribution in [0.4, 0.5) is 0 Å². The van der Waals surface area contributed by atoms with Gasteiger partial charge in [0.2, 0.25) is 5.91 Å². The predicted molar refractivity (Wildman–Crippen MR) is 126 cm³/mol. The minimum absolute atomic E-state index is 0.0608. The van der Waals surface area contributed by atoms with E-state index in [9.17, 15) is 14.7 Å². The summed E-state index contributed by atoms with van der Waals surface area (Å²) in [6.45, 7) is 1.15. The number of methoxy groups -OCH3 is 1. The second-order valence-corrected chi connectivity index (χ2v) is 9.00. The highest BCUT2D eigenvalue weighted by atomic mass is 16.5. The lowest BCUT2D eigenvalue weighted by Crippen LogP contribution is -2.52. The second kappa shape index (κ2) is 11.6. The molecule has 1 amide bonds. The quantitative estimate of drug-likeness (QED) is 0.571. The summed E-state index contributed by atoms with van der Waals surface area (Å²) in [6, 6.07) is 19.2. The van der Waals surface area contributed by atoms with Crippen molar-refractivity contribution in [3.05, 3.63) is 71.8 Å². The molecule has 0 radical (unpaired) electrons. The Labute approximate surface area is 200 Å². The van der Waals surface area contributed by atoms with Crippen LogP contribution < -0.4 is 0 Å². The molecule has 0 bridgehead atoms. The van der Waals surface area contributed by atoms with Crippen molar-refractivity contribution in [2.75, 3.05) is 13.7 Å². The number of amides is 1. The number of benzene rings is 2. The Morgan fingerprint density at radius 3 is 2.29 bits per heavy atom. The number of hydrogen-bond donors (Lipinski definition) is 1. The molecule has 2 aliphatic rings. The zero-order valence-electron chi connectivity index (χ0n) is 19.5. The van der Waals surface area contributed by atoms with E-state index in [1.165, 1.54) is 7.11 Å². The molecule has 1 N–H and O–H groups in total. The first-order chi connectivity index (χ1) is 16.6. The number of esters is 1. The van der Waals surface area contributed by atoms with Crippen LogP contribution in [-0.2, 0) is 37.0 Å². The summed E-state index contributed by atoms with van der Waals surface area (Å²) in [5.41, 5.74) is 2.10. The summed E-state index contributed by atoms with van der Waals surface area (Å²) in [6.07, 6.45) is 0.452. The first-order valence-electron chi connectivity index (χ1n) is 11.9. The van der Waals surface area contributed by atoms with Gasteiger partial charge in [-0.3, -0.25) is 9.59 Å². The Hall–Kier alpha value is -2.74. The van der Waals surface area contributed by atoms with Crippen LogP contribution >= 0.6 is 0 Å². The summed E-state index contributed by atoms with van der Waals surface area (Å²) < 4.78 is 17.4. The number of carbonyl (C=O) groups is 2. The summed E-state index contributed by atoms with van der Waals surface area (Å²) in [5, 5.41) is 10.6. The maximum atomic E-state index is 13.1. The second-order valence-electron chi connectivity index (χ2n) is 9.00. The van der Waals surface area contributed by atoms with Gasteiger partial charge in [0.1, 0.15) is 12.0 Å². The topological polar surface area (TPSA) is 85.3 Å². The van der Waals surface area contributed by atoms with Crippen LogP contribution in [0.25, 0.3) is 0 Å². The van der Waals surface area contributed by atoms with Crippen molar-refractivity contribution >= 4 is 11.9 Å². The minimum Gasteiger partial charge on any atom is -0.469 e. The fourth-order valence-corrected chi connectivity index (χ4v) is 5.15. The molecule has 2 fully saturated rings. The van der Waals surface area contributed by atoms with Gasteiger partial charge < -0.3 is 24.2 Å². The van der Waals surface area contributed by atoms with Crippen LogP contribution in [-0.4, -0.2) is 59.9 Å². The lowest BCUT2D eigenvalue weighted by Gasteiger charge is -2.36. The predicted octanol–water partition coefficient (Wildman–Crippen LogP) is 3.09. The van der Waals surface area contributed by atoms with E-state index in [1.807, 2.05) is 60.7 Å². The van der Waals surface area contributed by atoms with E-state index in [0.717, 1.165) is 11.1 Å². The van der Waals surface area contributed by atoms with E-state index in [2.05, 4.69) is 0 Å². The normalized spacial score (nSPS) is 25.5. The molecule has 7 nitrogen and oxygen atoms in total. The maximum absolute atomic E-state index is 13.1. The van der Waals surface area contributed by atoms with Gasteiger partial charge in [-0.1, -0.05) is 60.7 Å². The van der Waals surface area contributed by atoms with Gasteiger partial charge in [0, 0.05) is 12.5 Å². The Balaban J connectivity index is 1.52. The SMILES string of the molecule is COC(=O)[C@H]1[C@@H](O)CCC(=O)N2[C@H]1CC[C@H]2[C@@H](COCc1ccccc1)OCc1ccccc1. The van der Waals surface area contributed by atoms with E-state index in [4.69, 9.17) is 14.2 Å². The molecule has 4 rings (SSSR count). The number of aliphatic hydroxyl groups excluding tert-OH is 1. The lowest BCUT2D eigenvalue weighted by atomic mass is 9.91. The van der Waals surface area contributed by atoms with Gasteiger partial charge in [-0.15, -0.1) is 0 Å². The Morgan fingerprint density at radius 1 is 1.00 bits per heavy atom. The first kappa shape index (κ1) is 24.4. The van der Waals surface area contributed by atoms with Crippen LogP contribution in [0.2, 0.25) is 0 Å². The largest absolute Gasteiger partial charge is 0.469 e. The molecule has 0 saturated carbocycles. The molecule has 2 aromatic carbocycles. The summed E-state index contributed by atoms with van der Waals surface area (Å²) in [5.74, 6) is -1.28. The molecule has 182 valence electrons. The molecule has 0 aromatic heterocycles.